The molecule has 1 saturated heterocycles. The Bertz CT molecular complexity index is 478. The van der Waals surface area contributed by atoms with E-state index in [1.165, 1.54) is 12.1 Å². The summed E-state index contributed by atoms with van der Waals surface area (Å²) in [5.41, 5.74) is 0.243. The molecule has 1 N–H and O–H groups in total. The van der Waals surface area contributed by atoms with E-state index in [0.29, 0.717) is 12.5 Å². The van der Waals surface area contributed by atoms with E-state index in [0.717, 1.165) is 26.2 Å². The Morgan fingerprint density at radius 3 is 2.25 bits per heavy atom. The smallest absolute Gasteiger partial charge is 0.335 e. The second-order valence-electron chi connectivity index (χ2n) is 4.73. The maximum atomic E-state index is 11.2. The van der Waals surface area contributed by atoms with Crippen LogP contribution < -0.4 is 4.74 Å². The zero-order valence-electron chi connectivity index (χ0n) is 11.4. The summed E-state index contributed by atoms with van der Waals surface area (Å²) in [6.45, 7) is 5.03. The molecule has 1 heterocycles. The number of aromatic carboxylic acids is 1. The van der Waals surface area contributed by atoms with Gasteiger partial charge >= 0.3 is 5.97 Å². The van der Waals surface area contributed by atoms with Crippen molar-refractivity contribution in [1.29, 1.82) is 0 Å². The van der Waals surface area contributed by atoms with E-state index in [2.05, 4.69) is 4.90 Å². The van der Waals surface area contributed by atoms with Crippen LogP contribution in [0, 0.1) is 0 Å². The highest BCUT2D eigenvalue weighted by Gasteiger charge is 2.18. The summed E-state index contributed by atoms with van der Waals surface area (Å²) < 4.78 is 5.61. The minimum absolute atomic E-state index is 0.106. The maximum Gasteiger partial charge on any atom is 0.335 e. The molecule has 0 radical (unpaired) electrons. The SMILES string of the molecule is CC(=O)N1CCN(COc2ccc(C(=O)O)cc2)CC1. The number of nitrogens with zero attached hydrogens (tertiary/aromatic N) is 2. The van der Waals surface area contributed by atoms with Crippen LogP contribution in [0.3, 0.4) is 0 Å². The van der Waals surface area contributed by atoms with Crippen molar-refractivity contribution in [2.24, 2.45) is 0 Å². The van der Waals surface area contributed by atoms with Gasteiger partial charge in [0, 0.05) is 33.1 Å². The number of rotatable bonds is 4. The molecule has 1 aromatic rings. The third-order valence-electron chi connectivity index (χ3n) is 3.33. The van der Waals surface area contributed by atoms with E-state index in [1.54, 1.807) is 19.1 Å². The molecule has 1 aliphatic rings. The molecule has 108 valence electrons. The van der Waals surface area contributed by atoms with Gasteiger partial charge in [-0.15, -0.1) is 0 Å². The molecule has 0 atom stereocenters. The number of hydrogen-bond donors (Lipinski definition) is 1. The fourth-order valence-electron chi connectivity index (χ4n) is 2.05. The molecule has 6 nitrogen and oxygen atoms in total. The van der Waals surface area contributed by atoms with Crippen molar-refractivity contribution >= 4 is 11.9 Å². The minimum Gasteiger partial charge on any atom is -0.478 e. The van der Waals surface area contributed by atoms with Crippen molar-refractivity contribution in [1.82, 2.24) is 9.80 Å². The number of carboxylic acid groups (broad SMARTS) is 1. The third kappa shape index (κ3) is 3.71. The summed E-state index contributed by atoms with van der Waals surface area (Å²) in [6, 6.07) is 6.33. The topological polar surface area (TPSA) is 70.1 Å². The van der Waals surface area contributed by atoms with Gasteiger partial charge in [0.2, 0.25) is 5.91 Å². The fraction of sp³-hybridized carbons (Fsp3) is 0.429. The van der Waals surface area contributed by atoms with Gasteiger partial charge in [-0.2, -0.15) is 0 Å². The molecule has 0 saturated carbocycles. The first-order valence-electron chi connectivity index (χ1n) is 6.50. The quantitative estimate of drug-likeness (QED) is 0.885. The Balaban J connectivity index is 1.78. The normalized spacial score (nSPS) is 15.9. The van der Waals surface area contributed by atoms with Crippen molar-refractivity contribution in [3.8, 4) is 5.75 Å². The monoisotopic (exact) mass is 278 g/mol. The van der Waals surface area contributed by atoms with Crippen molar-refractivity contribution in [3.05, 3.63) is 29.8 Å². The molecule has 1 amide bonds. The average molecular weight is 278 g/mol. The Kier molecular flexibility index (Phi) is 4.57. The molecule has 0 aliphatic carbocycles. The second kappa shape index (κ2) is 6.38. The summed E-state index contributed by atoms with van der Waals surface area (Å²) in [5.74, 6) is -0.198. The number of amides is 1. The van der Waals surface area contributed by atoms with Crippen LogP contribution in [-0.2, 0) is 4.79 Å². The number of carbonyl (C=O) groups excluding carboxylic acids is 1. The van der Waals surface area contributed by atoms with Gasteiger partial charge in [0.05, 0.1) is 5.56 Å². The van der Waals surface area contributed by atoms with Crippen molar-refractivity contribution in [3.63, 3.8) is 0 Å². The van der Waals surface area contributed by atoms with Crippen LogP contribution >= 0.6 is 0 Å². The molecule has 0 bridgehead atoms. The van der Waals surface area contributed by atoms with Gasteiger partial charge in [0.25, 0.3) is 0 Å². The third-order valence-corrected chi connectivity index (χ3v) is 3.33. The predicted octanol–water partition coefficient (Wildman–Crippen LogP) is 0.885. The molecule has 0 unspecified atom stereocenters. The summed E-state index contributed by atoms with van der Waals surface area (Å²) in [6.07, 6.45) is 0. The molecule has 1 aliphatic heterocycles. The van der Waals surface area contributed by atoms with Gasteiger partial charge in [0.1, 0.15) is 12.5 Å². The van der Waals surface area contributed by atoms with Gasteiger partial charge in [0.15, 0.2) is 0 Å². The molecule has 0 spiro atoms. The number of carbonyl (C=O) groups is 2. The van der Waals surface area contributed by atoms with Crippen LogP contribution in [0.15, 0.2) is 24.3 Å². The van der Waals surface area contributed by atoms with E-state index in [-0.39, 0.29) is 11.5 Å². The number of ether oxygens (including phenoxy) is 1. The lowest BCUT2D eigenvalue weighted by atomic mass is 10.2. The molecule has 2 rings (SSSR count). The number of hydrogen-bond acceptors (Lipinski definition) is 4. The molecule has 1 aromatic carbocycles. The molecule has 6 heteroatoms. The van der Waals surface area contributed by atoms with Crippen LogP contribution in [0.25, 0.3) is 0 Å². The van der Waals surface area contributed by atoms with Crippen molar-refractivity contribution in [2.75, 3.05) is 32.9 Å². The van der Waals surface area contributed by atoms with E-state index in [1.807, 2.05) is 4.90 Å². The van der Waals surface area contributed by atoms with Crippen LogP contribution in [0.1, 0.15) is 17.3 Å². The van der Waals surface area contributed by atoms with Gasteiger partial charge in [-0.3, -0.25) is 9.69 Å². The lowest BCUT2D eigenvalue weighted by molar-refractivity contribution is -0.131. The summed E-state index contributed by atoms with van der Waals surface area (Å²) >= 11 is 0. The van der Waals surface area contributed by atoms with Crippen molar-refractivity contribution in [2.45, 2.75) is 6.92 Å². The van der Waals surface area contributed by atoms with Gasteiger partial charge in [-0.25, -0.2) is 4.79 Å². The zero-order chi connectivity index (χ0) is 14.5. The maximum absolute atomic E-state index is 11.2. The zero-order valence-corrected chi connectivity index (χ0v) is 11.4. The van der Waals surface area contributed by atoms with E-state index < -0.39 is 5.97 Å². The predicted molar refractivity (Wildman–Crippen MR) is 72.7 cm³/mol. The Morgan fingerprint density at radius 2 is 1.75 bits per heavy atom. The van der Waals surface area contributed by atoms with Gasteiger partial charge in [-0.05, 0) is 24.3 Å². The number of benzene rings is 1. The molecular formula is C14H18N2O4. The first kappa shape index (κ1) is 14.3. The van der Waals surface area contributed by atoms with Crippen LogP contribution in [0.2, 0.25) is 0 Å². The van der Waals surface area contributed by atoms with E-state index in [9.17, 15) is 9.59 Å². The molecule has 0 aromatic heterocycles. The average Bonchev–Trinajstić information content (AvgIpc) is 2.46. The lowest BCUT2D eigenvalue weighted by Gasteiger charge is -2.33. The first-order chi connectivity index (χ1) is 9.56. The number of piperazine rings is 1. The Morgan fingerprint density at radius 1 is 1.15 bits per heavy atom. The number of carboxylic acids is 1. The molecule has 20 heavy (non-hydrogen) atoms. The van der Waals surface area contributed by atoms with E-state index in [4.69, 9.17) is 9.84 Å². The highest BCUT2D eigenvalue weighted by molar-refractivity contribution is 5.87. The standard InChI is InChI=1S/C14H18N2O4/c1-11(17)16-8-6-15(7-9-16)10-20-13-4-2-12(3-5-13)14(18)19/h2-5H,6-10H2,1H3,(H,18,19). The largest absolute Gasteiger partial charge is 0.478 e. The highest BCUT2D eigenvalue weighted by atomic mass is 16.5. The molecular weight excluding hydrogens is 260 g/mol. The lowest BCUT2D eigenvalue weighted by Crippen LogP contribution is -2.48. The van der Waals surface area contributed by atoms with Crippen LogP contribution in [0.4, 0.5) is 0 Å². The fourth-order valence-corrected chi connectivity index (χ4v) is 2.05. The summed E-state index contributed by atoms with van der Waals surface area (Å²) in [7, 11) is 0. The minimum atomic E-state index is -0.947. The summed E-state index contributed by atoms with van der Waals surface area (Å²) in [4.78, 5) is 25.9. The summed E-state index contributed by atoms with van der Waals surface area (Å²) in [5, 5.41) is 8.80. The van der Waals surface area contributed by atoms with Crippen LogP contribution in [0.5, 0.6) is 5.75 Å². The van der Waals surface area contributed by atoms with E-state index >= 15 is 0 Å². The Labute approximate surface area is 117 Å². The van der Waals surface area contributed by atoms with Gasteiger partial charge < -0.3 is 14.7 Å². The highest BCUT2D eigenvalue weighted by Crippen LogP contribution is 2.13. The second-order valence-corrected chi connectivity index (χ2v) is 4.73. The first-order valence-corrected chi connectivity index (χ1v) is 6.50. The van der Waals surface area contributed by atoms with Crippen molar-refractivity contribution < 1.29 is 19.4 Å². The molecule has 1 fully saturated rings. The van der Waals surface area contributed by atoms with Crippen LogP contribution in [-0.4, -0.2) is 59.7 Å². The Hall–Kier alpha value is -2.08. The van der Waals surface area contributed by atoms with Gasteiger partial charge in [-0.1, -0.05) is 0 Å².